The van der Waals surface area contributed by atoms with Crippen molar-refractivity contribution in [3.63, 3.8) is 0 Å². The summed E-state index contributed by atoms with van der Waals surface area (Å²) >= 11 is 6.18. The number of imidazole rings is 1. The third-order valence-corrected chi connectivity index (χ3v) is 6.35. The number of aromatic nitrogens is 10. The standard InChI is InChI=1S/C25H23ClN12O/c1-12-7-15(13(2)31-17-5-6-18(26)32-20(17)22-33-35-37(4)34-22)21-16(8-12)24(39)36(3)23-19(30-11-38(21)23)14-9-28-25(27)29-10-14/h5-11,13,31H,1-4H3,(H2,27,28,29)/i3D3,13D. The number of benzene rings is 1. The zero-order valence-corrected chi connectivity index (χ0v) is 21.6. The first-order valence-corrected chi connectivity index (χ1v) is 12.0. The lowest BCUT2D eigenvalue weighted by molar-refractivity contribution is 0.630. The lowest BCUT2D eigenvalue weighted by Crippen LogP contribution is -2.21. The number of hydrogen-bond acceptors (Lipinski definition) is 10. The van der Waals surface area contributed by atoms with Crippen LogP contribution in [0.2, 0.25) is 5.15 Å². The van der Waals surface area contributed by atoms with Crippen molar-refractivity contribution < 1.29 is 5.48 Å². The summed E-state index contributed by atoms with van der Waals surface area (Å²) in [5.74, 6) is 0.206. The molecule has 196 valence electrons. The maximum absolute atomic E-state index is 14.0. The molecule has 0 radical (unpaired) electrons. The van der Waals surface area contributed by atoms with Crippen LogP contribution >= 0.6 is 11.6 Å². The van der Waals surface area contributed by atoms with Crippen LogP contribution in [-0.2, 0) is 14.0 Å². The first-order chi connectivity index (χ1) is 20.2. The Morgan fingerprint density at radius 3 is 2.69 bits per heavy atom. The maximum Gasteiger partial charge on any atom is 0.261 e. The second kappa shape index (κ2) is 9.13. The van der Waals surface area contributed by atoms with Crippen molar-refractivity contribution in [3.05, 3.63) is 69.6 Å². The molecule has 13 nitrogen and oxygen atoms in total. The van der Waals surface area contributed by atoms with Gasteiger partial charge in [0.2, 0.25) is 11.8 Å². The highest BCUT2D eigenvalue weighted by atomic mass is 35.5. The Hall–Kier alpha value is -4.91. The molecular weight excluding hydrogens is 520 g/mol. The molecule has 0 spiro atoms. The quantitative estimate of drug-likeness (QED) is 0.308. The molecule has 5 heterocycles. The van der Waals surface area contributed by atoms with Crippen LogP contribution in [0.3, 0.4) is 0 Å². The number of rotatable bonds is 5. The highest BCUT2D eigenvalue weighted by molar-refractivity contribution is 6.29. The van der Waals surface area contributed by atoms with Crippen LogP contribution in [0.1, 0.15) is 29.6 Å². The summed E-state index contributed by atoms with van der Waals surface area (Å²) in [6.07, 6.45) is 4.19. The van der Waals surface area contributed by atoms with Crippen LogP contribution in [0.4, 0.5) is 11.6 Å². The summed E-state index contributed by atoms with van der Waals surface area (Å²) in [5.41, 5.74) is 7.26. The minimum atomic E-state index is -2.87. The van der Waals surface area contributed by atoms with Crippen LogP contribution in [0, 0.1) is 6.92 Å². The average Bonchev–Trinajstić information content (AvgIpc) is 3.55. The molecular formula is C25H23ClN12O. The number of pyridine rings is 1. The van der Waals surface area contributed by atoms with E-state index in [-0.39, 0.29) is 44.9 Å². The van der Waals surface area contributed by atoms with E-state index in [1.807, 2.05) is 0 Å². The summed E-state index contributed by atoms with van der Waals surface area (Å²) < 4.78 is 36.4. The molecule has 1 unspecified atom stereocenters. The molecule has 39 heavy (non-hydrogen) atoms. The van der Waals surface area contributed by atoms with Crippen LogP contribution in [-0.4, -0.2) is 49.1 Å². The zero-order valence-electron chi connectivity index (χ0n) is 24.9. The Labute approximate surface area is 231 Å². The van der Waals surface area contributed by atoms with Gasteiger partial charge in [-0.15, -0.1) is 10.2 Å². The monoisotopic (exact) mass is 546 g/mol. The third kappa shape index (κ3) is 4.12. The molecule has 14 heteroatoms. The maximum atomic E-state index is 14.0. The van der Waals surface area contributed by atoms with Crippen LogP contribution in [0.15, 0.2) is 47.8 Å². The van der Waals surface area contributed by atoms with E-state index in [1.54, 1.807) is 45.2 Å². The number of hydrogen-bond donors (Lipinski definition) is 2. The van der Waals surface area contributed by atoms with Gasteiger partial charge in [-0.1, -0.05) is 17.7 Å². The van der Waals surface area contributed by atoms with Gasteiger partial charge in [0.25, 0.3) is 5.56 Å². The van der Waals surface area contributed by atoms with E-state index < -0.39 is 18.6 Å². The van der Waals surface area contributed by atoms with Crippen molar-refractivity contribution >= 4 is 39.8 Å². The predicted octanol–water partition coefficient (Wildman–Crippen LogP) is 2.95. The smallest absolute Gasteiger partial charge is 0.261 e. The number of aryl methyl sites for hydroxylation is 3. The minimum absolute atomic E-state index is 0.0208. The molecule has 6 aromatic rings. The molecule has 5 aromatic heterocycles. The van der Waals surface area contributed by atoms with E-state index in [1.165, 1.54) is 27.9 Å². The van der Waals surface area contributed by atoms with Crippen molar-refractivity contribution in [1.82, 2.24) is 49.1 Å². The van der Waals surface area contributed by atoms with Crippen LogP contribution in [0.25, 0.3) is 39.3 Å². The molecule has 0 aliphatic rings. The van der Waals surface area contributed by atoms with Gasteiger partial charge in [-0.25, -0.2) is 19.9 Å². The Bertz CT molecular complexity index is 2100. The molecule has 0 amide bonds. The van der Waals surface area contributed by atoms with Crippen LogP contribution in [0.5, 0.6) is 0 Å². The fourth-order valence-electron chi connectivity index (χ4n) is 4.44. The van der Waals surface area contributed by atoms with E-state index in [2.05, 4.69) is 40.7 Å². The van der Waals surface area contributed by atoms with E-state index in [0.29, 0.717) is 26.9 Å². The summed E-state index contributed by atoms with van der Waals surface area (Å²) in [4.78, 5) is 32.0. The van der Waals surface area contributed by atoms with Gasteiger partial charge in [-0.3, -0.25) is 13.8 Å². The van der Waals surface area contributed by atoms with Crippen molar-refractivity contribution in [2.75, 3.05) is 11.1 Å². The number of nitrogens with two attached hydrogens (primary N) is 1. The number of tetrazole rings is 1. The second-order valence-electron chi connectivity index (χ2n) is 8.85. The van der Waals surface area contributed by atoms with Crippen molar-refractivity contribution in [1.29, 1.82) is 0 Å². The zero-order chi connectivity index (χ0) is 30.8. The van der Waals surface area contributed by atoms with E-state index in [9.17, 15) is 6.17 Å². The Balaban J connectivity index is 1.64. The molecule has 3 N–H and O–H groups in total. The number of nitrogens with one attached hydrogen (secondary N) is 1. The molecule has 0 aliphatic heterocycles. The van der Waals surface area contributed by atoms with Gasteiger partial charge in [0, 0.05) is 29.0 Å². The van der Waals surface area contributed by atoms with Gasteiger partial charge in [0.1, 0.15) is 28.5 Å². The highest BCUT2D eigenvalue weighted by Crippen LogP contribution is 2.33. The largest absolute Gasteiger partial charge is 0.377 e. The Morgan fingerprint density at radius 1 is 1.18 bits per heavy atom. The van der Waals surface area contributed by atoms with Gasteiger partial charge < -0.3 is 11.1 Å². The van der Waals surface area contributed by atoms with Crippen molar-refractivity contribution in [3.8, 4) is 22.8 Å². The van der Waals surface area contributed by atoms with Gasteiger partial charge in [0.15, 0.2) is 0 Å². The summed E-state index contributed by atoms with van der Waals surface area (Å²) in [7, 11) is 1.61. The lowest BCUT2D eigenvalue weighted by atomic mass is 10.0. The minimum Gasteiger partial charge on any atom is -0.377 e. The van der Waals surface area contributed by atoms with Crippen LogP contribution < -0.4 is 16.6 Å². The molecule has 0 saturated carbocycles. The number of anilines is 2. The molecule has 6 rings (SSSR count). The van der Waals surface area contributed by atoms with E-state index in [4.69, 9.17) is 21.4 Å². The second-order valence-corrected chi connectivity index (χ2v) is 9.24. The summed E-state index contributed by atoms with van der Waals surface area (Å²) in [5, 5.41) is 15.6. The lowest BCUT2D eigenvalue weighted by Gasteiger charge is -2.21. The fourth-order valence-corrected chi connectivity index (χ4v) is 4.59. The average molecular weight is 547 g/mol. The van der Waals surface area contributed by atoms with Crippen molar-refractivity contribution in [2.45, 2.75) is 19.9 Å². The summed E-state index contributed by atoms with van der Waals surface area (Å²) in [6, 6.07) is 4.90. The van der Waals surface area contributed by atoms with Gasteiger partial charge in [-0.2, -0.15) is 4.80 Å². The number of nitrogen functional groups attached to an aromatic ring is 1. The molecule has 0 fully saturated rings. The van der Waals surface area contributed by atoms with Gasteiger partial charge >= 0.3 is 0 Å². The first kappa shape index (κ1) is 20.1. The normalized spacial score (nSPS) is 15.0. The van der Waals surface area contributed by atoms with E-state index in [0.717, 1.165) is 0 Å². The third-order valence-electron chi connectivity index (χ3n) is 6.14. The van der Waals surface area contributed by atoms with Gasteiger partial charge in [-0.05, 0) is 48.4 Å². The molecule has 1 atom stereocenters. The molecule has 0 bridgehead atoms. The molecule has 0 saturated heterocycles. The number of fused-ring (bicyclic) bond motifs is 3. The number of nitrogens with zero attached hydrogens (tertiary/aromatic N) is 10. The Kier molecular flexibility index (Phi) is 4.71. The van der Waals surface area contributed by atoms with Gasteiger partial charge in [0.05, 0.1) is 31.0 Å². The number of halogens is 1. The predicted molar refractivity (Wildman–Crippen MR) is 147 cm³/mol. The SMILES string of the molecule is [2H]C(C)(Nc1ccc(Cl)nc1-c1nnn(C)n1)c1cc(C)cc2c(=O)n(C([2H])([2H])[2H])c3c(-c4cnc(N)nc4)ncn3c12. The van der Waals surface area contributed by atoms with E-state index >= 15 is 0 Å². The topological polar surface area (TPSA) is 160 Å². The van der Waals surface area contributed by atoms with Crippen molar-refractivity contribution in [2.24, 2.45) is 14.0 Å². The Morgan fingerprint density at radius 2 is 1.97 bits per heavy atom. The molecule has 0 aliphatic carbocycles. The molecule has 1 aromatic carbocycles. The highest BCUT2D eigenvalue weighted by Gasteiger charge is 2.22. The fraction of sp³-hybridized carbons (Fsp3) is 0.200. The first-order valence-electron chi connectivity index (χ1n) is 13.6. The summed E-state index contributed by atoms with van der Waals surface area (Å²) in [6.45, 7) is 0.485.